The number of likely N-dealkylation sites (tertiary alicyclic amines) is 1. The number of methoxy groups -OCH3 is 1. The van der Waals surface area contributed by atoms with Crippen LogP contribution >= 0.6 is 0 Å². The Balaban J connectivity index is 1.68. The van der Waals surface area contributed by atoms with Crippen LogP contribution in [0.5, 0.6) is 5.75 Å². The van der Waals surface area contributed by atoms with Crippen LogP contribution in [0.15, 0.2) is 42.5 Å². The molecule has 1 aliphatic rings. The van der Waals surface area contributed by atoms with Crippen LogP contribution in [0.3, 0.4) is 0 Å². The Kier molecular flexibility index (Phi) is 6.20. The van der Waals surface area contributed by atoms with Crippen LogP contribution in [-0.4, -0.2) is 35.9 Å². The largest absolute Gasteiger partial charge is 0.495 e. The summed E-state index contributed by atoms with van der Waals surface area (Å²) in [6.45, 7) is 1.73. The van der Waals surface area contributed by atoms with E-state index in [9.17, 15) is 19.3 Å². The van der Waals surface area contributed by atoms with E-state index in [0.717, 1.165) is 13.0 Å². The summed E-state index contributed by atoms with van der Waals surface area (Å²) >= 11 is 0. The number of nitro groups is 1. The average molecular weight is 387 g/mol. The molecule has 1 unspecified atom stereocenters. The van der Waals surface area contributed by atoms with Gasteiger partial charge in [0.2, 0.25) is 5.91 Å². The monoisotopic (exact) mass is 387 g/mol. The molecule has 1 N–H and O–H groups in total. The number of nitro benzene ring substituents is 1. The number of carbonyl (C=O) groups is 1. The number of benzene rings is 2. The quantitative estimate of drug-likeness (QED) is 0.605. The molecule has 0 aliphatic carbocycles. The van der Waals surface area contributed by atoms with Gasteiger partial charge in [0, 0.05) is 30.8 Å². The number of anilines is 1. The molecule has 2 aromatic rings. The van der Waals surface area contributed by atoms with Gasteiger partial charge >= 0.3 is 0 Å². The van der Waals surface area contributed by atoms with Gasteiger partial charge < -0.3 is 10.1 Å². The van der Waals surface area contributed by atoms with E-state index in [-0.39, 0.29) is 29.0 Å². The zero-order valence-electron chi connectivity index (χ0n) is 15.6. The molecule has 0 saturated carbocycles. The van der Waals surface area contributed by atoms with E-state index in [1.807, 2.05) is 0 Å². The molecular formula is C20H22FN3O4. The average Bonchev–Trinajstić information content (AvgIpc) is 2.70. The van der Waals surface area contributed by atoms with Gasteiger partial charge in [0.15, 0.2) is 0 Å². The van der Waals surface area contributed by atoms with E-state index in [4.69, 9.17) is 4.74 Å². The lowest BCUT2D eigenvalue weighted by Gasteiger charge is -2.32. The normalized spacial score (nSPS) is 17.1. The van der Waals surface area contributed by atoms with Gasteiger partial charge in [-0.3, -0.25) is 19.8 Å². The first-order valence-corrected chi connectivity index (χ1v) is 9.07. The van der Waals surface area contributed by atoms with E-state index in [2.05, 4.69) is 10.2 Å². The van der Waals surface area contributed by atoms with Crippen molar-refractivity contribution in [1.29, 1.82) is 0 Å². The number of ether oxygens (including phenoxy) is 1. The minimum atomic E-state index is -0.522. The fourth-order valence-electron chi connectivity index (χ4n) is 3.42. The standard InChI is InChI=1S/C20H22FN3O4/c1-28-19-9-8-16(24(26)27)11-18(19)22-20(25)15-6-4-10-23(13-15)12-14-5-2-3-7-17(14)21/h2-3,5,7-9,11,15H,4,6,10,12-13H2,1H3,(H,22,25). The Bertz CT molecular complexity index is 874. The van der Waals surface area contributed by atoms with Gasteiger partial charge in [-0.1, -0.05) is 18.2 Å². The zero-order chi connectivity index (χ0) is 20.1. The molecule has 1 amide bonds. The van der Waals surface area contributed by atoms with Crippen molar-refractivity contribution >= 4 is 17.3 Å². The van der Waals surface area contributed by atoms with Gasteiger partial charge in [-0.2, -0.15) is 0 Å². The number of piperidine rings is 1. The number of carbonyl (C=O) groups excluding carboxylic acids is 1. The summed E-state index contributed by atoms with van der Waals surface area (Å²) in [4.78, 5) is 25.3. The van der Waals surface area contributed by atoms with Crippen LogP contribution in [0, 0.1) is 21.8 Å². The Hall–Kier alpha value is -3.00. The Labute approximate surface area is 162 Å². The first-order valence-electron chi connectivity index (χ1n) is 9.07. The highest BCUT2D eigenvalue weighted by molar-refractivity contribution is 5.94. The predicted octanol–water partition coefficient (Wildman–Crippen LogP) is 3.59. The SMILES string of the molecule is COc1ccc([N+](=O)[O-])cc1NC(=O)C1CCCN(Cc2ccccc2F)C1. The molecule has 2 aromatic carbocycles. The first-order chi connectivity index (χ1) is 13.5. The molecule has 1 fully saturated rings. The Morgan fingerprint density at radius 3 is 2.86 bits per heavy atom. The van der Waals surface area contributed by atoms with Crippen LogP contribution in [0.1, 0.15) is 18.4 Å². The number of amides is 1. The highest BCUT2D eigenvalue weighted by Crippen LogP contribution is 2.30. The summed E-state index contributed by atoms with van der Waals surface area (Å²) in [5.74, 6) is -0.407. The number of rotatable bonds is 6. The number of halogens is 1. The van der Waals surface area contributed by atoms with Crippen molar-refractivity contribution in [3.8, 4) is 5.75 Å². The lowest BCUT2D eigenvalue weighted by molar-refractivity contribution is -0.384. The molecule has 148 valence electrons. The second-order valence-corrected chi connectivity index (χ2v) is 6.80. The molecule has 28 heavy (non-hydrogen) atoms. The molecule has 1 heterocycles. The maximum atomic E-state index is 13.9. The molecular weight excluding hydrogens is 365 g/mol. The molecule has 0 bridgehead atoms. The smallest absolute Gasteiger partial charge is 0.271 e. The highest BCUT2D eigenvalue weighted by Gasteiger charge is 2.27. The van der Waals surface area contributed by atoms with Gasteiger partial charge in [-0.25, -0.2) is 4.39 Å². The molecule has 8 heteroatoms. The van der Waals surface area contributed by atoms with E-state index < -0.39 is 4.92 Å². The number of hydrogen-bond donors (Lipinski definition) is 1. The number of non-ortho nitro benzene ring substituents is 1. The summed E-state index contributed by atoms with van der Waals surface area (Å²) in [5.41, 5.74) is 0.748. The summed E-state index contributed by atoms with van der Waals surface area (Å²) in [6.07, 6.45) is 1.52. The molecule has 1 aliphatic heterocycles. The molecule has 7 nitrogen and oxygen atoms in total. The summed E-state index contributed by atoms with van der Waals surface area (Å²) in [5, 5.41) is 13.8. The second-order valence-electron chi connectivity index (χ2n) is 6.80. The van der Waals surface area contributed by atoms with Crippen molar-refractivity contribution in [2.45, 2.75) is 19.4 Å². The lowest BCUT2D eigenvalue weighted by atomic mass is 9.96. The molecule has 0 spiro atoms. The topological polar surface area (TPSA) is 84.7 Å². The zero-order valence-corrected chi connectivity index (χ0v) is 15.6. The van der Waals surface area contributed by atoms with E-state index in [1.54, 1.807) is 18.2 Å². The van der Waals surface area contributed by atoms with Crippen LogP contribution in [-0.2, 0) is 11.3 Å². The molecule has 0 aromatic heterocycles. The first kappa shape index (κ1) is 19.8. The third kappa shape index (κ3) is 4.64. The second kappa shape index (κ2) is 8.79. The fraction of sp³-hybridized carbons (Fsp3) is 0.350. The fourth-order valence-corrected chi connectivity index (χ4v) is 3.42. The minimum Gasteiger partial charge on any atom is -0.495 e. The van der Waals surface area contributed by atoms with Crippen molar-refractivity contribution in [3.05, 3.63) is 64.0 Å². The Morgan fingerprint density at radius 2 is 2.14 bits per heavy atom. The third-order valence-corrected chi connectivity index (χ3v) is 4.88. The van der Waals surface area contributed by atoms with Crippen LogP contribution in [0.25, 0.3) is 0 Å². The van der Waals surface area contributed by atoms with Gasteiger partial charge in [0.05, 0.1) is 23.6 Å². The predicted molar refractivity (Wildman–Crippen MR) is 103 cm³/mol. The lowest BCUT2D eigenvalue weighted by Crippen LogP contribution is -2.40. The summed E-state index contributed by atoms with van der Waals surface area (Å²) < 4.78 is 19.1. The van der Waals surface area contributed by atoms with Crippen LogP contribution < -0.4 is 10.1 Å². The van der Waals surface area contributed by atoms with Crippen molar-refractivity contribution < 1.29 is 18.8 Å². The van der Waals surface area contributed by atoms with Crippen molar-refractivity contribution in [1.82, 2.24) is 4.90 Å². The maximum Gasteiger partial charge on any atom is 0.271 e. The number of nitrogens with one attached hydrogen (secondary N) is 1. The van der Waals surface area contributed by atoms with Crippen molar-refractivity contribution in [2.75, 3.05) is 25.5 Å². The van der Waals surface area contributed by atoms with E-state index in [0.29, 0.717) is 30.8 Å². The molecule has 1 atom stereocenters. The van der Waals surface area contributed by atoms with Crippen LogP contribution in [0.2, 0.25) is 0 Å². The Morgan fingerprint density at radius 1 is 1.36 bits per heavy atom. The van der Waals surface area contributed by atoms with Crippen LogP contribution in [0.4, 0.5) is 15.8 Å². The third-order valence-electron chi connectivity index (χ3n) is 4.88. The molecule has 3 rings (SSSR count). The number of hydrogen-bond acceptors (Lipinski definition) is 5. The van der Waals surface area contributed by atoms with Gasteiger partial charge in [-0.05, 0) is 31.5 Å². The molecule has 1 saturated heterocycles. The van der Waals surface area contributed by atoms with Crippen molar-refractivity contribution in [2.24, 2.45) is 5.92 Å². The van der Waals surface area contributed by atoms with Gasteiger partial charge in [0.25, 0.3) is 5.69 Å². The van der Waals surface area contributed by atoms with Gasteiger partial charge in [-0.15, -0.1) is 0 Å². The van der Waals surface area contributed by atoms with Gasteiger partial charge in [0.1, 0.15) is 11.6 Å². The molecule has 0 radical (unpaired) electrons. The number of nitrogens with zero attached hydrogens (tertiary/aromatic N) is 2. The van der Waals surface area contributed by atoms with E-state index in [1.165, 1.54) is 31.4 Å². The highest BCUT2D eigenvalue weighted by atomic mass is 19.1. The maximum absolute atomic E-state index is 13.9. The summed E-state index contributed by atoms with van der Waals surface area (Å²) in [6, 6.07) is 10.7. The van der Waals surface area contributed by atoms with Crippen molar-refractivity contribution in [3.63, 3.8) is 0 Å². The minimum absolute atomic E-state index is 0.124. The van der Waals surface area contributed by atoms with E-state index >= 15 is 0 Å². The summed E-state index contributed by atoms with van der Waals surface area (Å²) in [7, 11) is 1.44.